The Labute approximate surface area is 116 Å². The molecule has 2 fully saturated rings. The molecule has 2 aliphatic rings. The zero-order valence-corrected chi connectivity index (χ0v) is 11.8. The molecule has 2 aliphatic heterocycles. The molecule has 1 amide bonds. The van der Waals surface area contributed by atoms with Gasteiger partial charge in [0.25, 0.3) is 0 Å². The number of aliphatic hydroxyl groups is 3. The van der Waals surface area contributed by atoms with E-state index in [0.29, 0.717) is 12.3 Å². The molecule has 2 rings (SSSR count). The minimum absolute atomic E-state index is 0.0428. The van der Waals surface area contributed by atoms with E-state index in [-0.39, 0.29) is 17.9 Å². The van der Waals surface area contributed by atoms with Gasteiger partial charge in [-0.1, -0.05) is 13.3 Å². The number of unbranched alkanes of at least 4 members (excludes halogenated alkanes) is 1. The van der Waals surface area contributed by atoms with Gasteiger partial charge in [-0.15, -0.1) is 11.8 Å². The van der Waals surface area contributed by atoms with Crippen LogP contribution in [0.1, 0.15) is 19.8 Å². The van der Waals surface area contributed by atoms with Crippen LogP contribution in [0.4, 0.5) is 0 Å². The first kappa shape index (κ1) is 15.1. The summed E-state index contributed by atoms with van der Waals surface area (Å²) < 4.78 is 5.51. The van der Waals surface area contributed by atoms with Crippen molar-refractivity contribution in [3.05, 3.63) is 0 Å². The first-order valence-electron chi connectivity index (χ1n) is 6.63. The number of thioether (sulfide) groups is 1. The van der Waals surface area contributed by atoms with Gasteiger partial charge in [-0.3, -0.25) is 4.79 Å². The van der Waals surface area contributed by atoms with Crippen molar-refractivity contribution in [1.29, 1.82) is 0 Å². The summed E-state index contributed by atoms with van der Waals surface area (Å²) in [6.07, 6.45) is -1.69. The van der Waals surface area contributed by atoms with Crippen molar-refractivity contribution >= 4 is 17.7 Å². The maximum Gasteiger partial charge on any atom is 0.233 e. The minimum Gasteiger partial charge on any atom is -0.394 e. The van der Waals surface area contributed by atoms with Gasteiger partial charge in [0.15, 0.2) is 0 Å². The summed E-state index contributed by atoms with van der Waals surface area (Å²) in [4.78, 5) is 13.6. The molecule has 110 valence electrons. The van der Waals surface area contributed by atoms with Gasteiger partial charge in [0.05, 0.1) is 12.4 Å². The summed E-state index contributed by atoms with van der Waals surface area (Å²) in [6.45, 7) is 2.35. The van der Waals surface area contributed by atoms with Crippen molar-refractivity contribution in [2.24, 2.45) is 0 Å². The Morgan fingerprint density at radius 1 is 1.42 bits per heavy atom. The van der Waals surface area contributed by atoms with E-state index in [0.717, 1.165) is 12.8 Å². The molecule has 5 atom stereocenters. The van der Waals surface area contributed by atoms with E-state index < -0.39 is 24.4 Å². The van der Waals surface area contributed by atoms with E-state index in [1.165, 1.54) is 11.8 Å². The average Bonchev–Trinajstić information content (AvgIpc) is 2.90. The van der Waals surface area contributed by atoms with Gasteiger partial charge >= 0.3 is 0 Å². The zero-order chi connectivity index (χ0) is 14.0. The van der Waals surface area contributed by atoms with E-state index in [1.807, 2.05) is 0 Å². The smallest absolute Gasteiger partial charge is 0.233 e. The van der Waals surface area contributed by atoms with Crippen molar-refractivity contribution in [3.8, 4) is 0 Å². The molecular formula is C12H21NO5S. The zero-order valence-electron chi connectivity index (χ0n) is 10.9. The first-order chi connectivity index (χ1) is 9.10. The average molecular weight is 291 g/mol. The normalized spacial score (nSPS) is 39.3. The van der Waals surface area contributed by atoms with Crippen LogP contribution < -0.4 is 0 Å². The first-order valence-corrected chi connectivity index (χ1v) is 7.68. The van der Waals surface area contributed by atoms with Crippen LogP contribution in [-0.2, 0) is 9.53 Å². The molecule has 0 aromatic heterocycles. The summed E-state index contributed by atoms with van der Waals surface area (Å²) in [7, 11) is 0. The summed E-state index contributed by atoms with van der Waals surface area (Å²) in [5.74, 6) is 0.419. The second kappa shape index (κ2) is 6.41. The number of ether oxygens (including phenoxy) is 1. The molecular weight excluding hydrogens is 270 g/mol. The molecule has 0 bridgehead atoms. The van der Waals surface area contributed by atoms with E-state index in [1.54, 1.807) is 4.90 Å². The molecule has 0 spiro atoms. The van der Waals surface area contributed by atoms with Crippen LogP contribution in [0.15, 0.2) is 0 Å². The van der Waals surface area contributed by atoms with Crippen LogP contribution in [-0.4, -0.2) is 74.8 Å². The van der Waals surface area contributed by atoms with Crippen molar-refractivity contribution < 1.29 is 24.9 Å². The summed E-state index contributed by atoms with van der Waals surface area (Å²) in [6, 6.07) is 0. The molecule has 7 heteroatoms. The molecule has 2 heterocycles. The van der Waals surface area contributed by atoms with Gasteiger partial charge in [0.2, 0.25) is 5.91 Å². The fourth-order valence-corrected chi connectivity index (χ4v) is 3.78. The predicted molar refractivity (Wildman–Crippen MR) is 70.6 cm³/mol. The highest BCUT2D eigenvalue weighted by Crippen LogP contribution is 2.35. The number of carbonyl (C=O) groups is 1. The predicted octanol–water partition coefficient (Wildman–Crippen LogP) is -0.831. The summed E-state index contributed by atoms with van der Waals surface area (Å²) in [5.41, 5.74) is 0. The third kappa shape index (κ3) is 2.90. The molecule has 0 aromatic carbocycles. The van der Waals surface area contributed by atoms with Crippen molar-refractivity contribution in [2.45, 2.75) is 49.6 Å². The van der Waals surface area contributed by atoms with Gasteiger partial charge < -0.3 is 25.0 Å². The molecule has 0 radical (unpaired) electrons. The number of aliphatic hydroxyl groups excluding tert-OH is 3. The highest BCUT2D eigenvalue weighted by Gasteiger charge is 2.50. The van der Waals surface area contributed by atoms with Gasteiger partial charge in [0, 0.05) is 6.54 Å². The number of carbonyl (C=O) groups excluding carboxylic acids is 1. The fourth-order valence-electron chi connectivity index (χ4n) is 2.49. The Morgan fingerprint density at radius 3 is 2.74 bits per heavy atom. The van der Waals surface area contributed by atoms with E-state index >= 15 is 0 Å². The lowest BCUT2D eigenvalue weighted by Gasteiger charge is -2.29. The Bertz CT molecular complexity index is 329. The monoisotopic (exact) mass is 291 g/mol. The largest absolute Gasteiger partial charge is 0.394 e. The molecule has 2 saturated heterocycles. The fraction of sp³-hybridized carbons (Fsp3) is 0.917. The number of amides is 1. The molecule has 6 nitrogen and oxygen atoms in total. The number of hydrogen-bond acceptors (Lipinski definition) is 6. The van der Waals surface area contributed by atoms with Gasteiger partial charge in [0.1, 0.15) is 29.8 Å². The maximum absolute atomic E-state index is 11.8. The van der Waals surface area contributed by atoms with Crippen molar-refractivity contribution in [1.82, 2.24) is 4.90 Å². The Balaban J connectivity index is 2.05. The minimum atomic E-state index is -1.10. The van der Waals surface area contributed by atoms with Gasteiger partial charge in [-0.2, -0.15) is 0 Å². The Hall–Kier alpha value is -0.340. The summed E-state index contributed by atoms with van der Waals surface area (Å²) in [5, 5.41) is 28.6. The highest BCUT2D eigenvalue weighted by atomic mass is 32.2. The van der Waals surface area contributed by atoms with Gasteiger partial charge in [-0.25, -0.2) is 0 Å². The van der Waals surface area contributed by atoms with Crippen LogP contribution in [0, 0.1) is 0 Å². The SMILES string of the molecule is CCCCN1C(=O)CS[C@H]1[C@H]1O[C@H](CO)[C@@H](O)[C@@H]1O. The van der Waals surface area contributed by atoms with Crippen LogP contribution in [0.5, 0.6) is 0 Å². The molecule has 3 N–H and O–H groups in total. The molecule has 19 heavy (non-hydrogen) atoms. The number of nitrogens with zero attached hydrogens (tertiary/aromatic N) is 1. The molecule has 0 aromatic rings. The van der Waals surface area contributed by atoms with Crippen LogP contribution >= 0.6 is 11.8 Å². The van der Waals surface area contributed by atoms with Crippen molar-refractivity contribution in [3.63, 3.8) is 0 Å². The van der Waals surface area contributed by atoms with E-state index in [2.05, 4.69) is 6.92 Å². The van der Waals surface area contributed by atoms with Crippen LogP contribution in [0.25, 0.3) is 0 Å². The lowest BCUT2D eigenvalue weighted by atomic mass is 10.1. The second-order valence-corrected chi connectivity index (χ2v) is 6.05. The lowest BCUT2D eigenvalue weighted by molar-refractivity contribution is -0.131. The van der Waals surface area contributed by atoms with E-state index in [4.69, 9.17) is 9.84 Å². The lowest BCUT2D eigenvalue weighted by Crippen LogP contribution is -2.46. The quantitative estimate of drug-likeness (QED) is 0.612. The van der Waals surface area contributed by atoms with Crippen LogP contribution in [0.2, 0.25) is 0 Å². The number of hydrogen-bond donors (Lipinski definition) is 3. The molecule has 0 unspecified atom stereocenters. The molecule has 0 saturated carbocycles. The topological polar surface area (TPSA) is 90.2 Å². The Kier molecular flexibility index (Phi) is 5.08. The number of rotatable bonds is 5. The molecule has 0 aliphatic carbocycles. The van der Waals surface area contributed by atoms with Crippen LogP contribution in [0.3, 0.4) is 0 Å². The maximum atomic E-state index is 11.8. The highest BCUT2D eigenvalue weighted by molar-refractivity contribution is 8.01. The third-order valence-electron chi connectivity index (χ3n) is 3.62. The van der Waals surface area contributed by atoms with E-state index in [9.17, 15) is 15.0 Å². The summed E-state index contributed by atoms with van der Waals surface area (Å²) >= 11 is 1.42. The van der Waals surface area contributed by atoms with Crippen molar-refractivity contribution in [2.75, 3.05) is 18.9 Å². The standard InChI is InChI=1S/C12H21NO5S/c1-2-3-4-13-8(15)6-19-12(13)11-10(17)9(16)7(5-14)18-11/h7,9-12,14,16-17H,2-6H2,1H3/t7-,9-,10+,11+,12+/m1/s1. The Morgan fingerprint density at radius 2 is 2.16 bits per heavy atom. The van der Waals surface area contributed by atoms with Gasteiger partial charge in [-0.05, 0) is 6.42 Å². The second-order valence-electron chi connectivity index (χ2n) is 4.95. The third-order valence-corrected chi connectivity index (χ3v) is 4.90.